The maximum Gasteiger partial charge on any atom is 0.101 e. The summed E-state index contributed by atoms with van der Waals surface area (Å²) in [4.78, 5) is 0.770. The number of aryl methyl sites for hydroxylation is 1. The van der Waals surface area contributed by atoms with E-state index >= 15 is 0 Å². The van der Waals surface area contributed by atoms with Crippen LogP contribution in [0.25, 0.3) is 0 Å². The van der Waals surface area contributed by atoms with Crippen molar-refractivity contribution in [2.24, 2.45) is 0 Å². The minimum absolute atomic E-state index is 0.319. The summed E-state index contributed by atoms with van der Waals surface area (Å²) in [6, 6.07) is 0. The Balaban J connectivity index is 2.89. The Morgan fingerprint density at radius 1 is 1.83 bits per heavy atom. The molecule has 1 rings (SSSR count). The van der Waals surface area contributed by atoms with Crippen LogP contribution in [-0.4, -0.2) is 5.11 Å². The maximum atomic E-state index is 9.50. The Labute approximate surface area is 81.0 Å². The van der Waals surface area contributed by atoms with Crippen molar-refractivity contribution in [2.45, 2.75) is 19.4 Å². The van der Waals surface area contributed by atoms with Crippen LogP contribution < -0.4 is 0 Å². The molecular weight excluding hydrogens is 192 g/mol. The van der Waals surface area contributed by atoms with Crippen LogP contribution in [0.2, 0.25) is 5.02 Å². The molecule has 3 heteroatoms. The van der Waals surface area contributed by atoms with Gasteiger partial charge in [-0.05, 0) is 17.9 Å². The molecule has 0 fully saturated rings. The van der Waals surface area contributed by atoms with E-state index in [1.165, 1.54) is 11.3 Å². The summed E-state index contributed by atoms with van der Waals surface area (Å²) in [5.41, 5.74) is 0.993. The molecular formula is C9H9ClOS. The Kier molecular flexibility index (Phi) is 3.16. The van der Waals surface area contributed by atoms with Crippen molar-refractivity contribution in [3.05, 3.63) is 20.8 Å². The number of hydrogen-bond acceptors (Lipinski definition) is 2. The monoisotopic (exact) mass is 200 g/mol. The highest BCUT2D eigenvalue weighted by Gasteiger charge is 2.13. The van der Waals surface area contributed by atoms with E-state index in [2.05, 4.69) is 5.92 Å². The van der Waals surface area contributed by atoms with Crippen LogP contribution in [0.1, 0.15) is 23.0 Å². The molecule has 0 aliphatic rings. The smallest absolute Gasteiger partial charge is 0.101 e. The van der Waals surface area contributed by atoms with Gasteiger partial charge in [-0.25, -0.2) is 0 Å². The van der Waals surface area contributed by atoms with Gasteiger partial charge in [-0.1, -0.05) is 11.6 Å². The van der Waals surface area contributed by atoms with Crippen LogP contribution in [0.5, 0.6) is 0 Å². The van der Waals surface area contributed by atoms with Gasteiger partial charge in [0.2, 0.25) is 0 Å². The number of thiophene rings is 1. The van der Waals surface area contributed by atoms with Crippen molar-refractivity contribution in [3.8, 4) is 12.3 Å². The molecule has 0 saturated carbocycles. The molecule has 0 spiro atoms. The van der Waals surface area contributed by atoms with Gasteiger partial charge in [-0.2, -0.15) is 0 Å². The lowest BCUT2D eigenvalue weighted by Crippen LogP contribution is -1.92. The van der Waals surface area contributed by atoms with E-state index in [1.54, 1.807) is 0 Å². The number of halogens is 1. The largest absolute Gasteiger partial charge is 0.387 e. The van der Waals surface area contributed by atoms with E-state index in [1.807, 2.05) is 12.3 Å². The highest BCUT2D eigenvalue weighted by molar-refractivity contribution is 7.10. The molecule has 0 amide bonds. The van der Waals surface area contributed by atoms with E-state index in [9.17, 15) is 5.11 Å². The second kappa shape index (κ2) is 3.95. The van der Waals surface area contributed by atoms with Gasteiger partial charge in [0.15, 0.2) is 0 Å². The van der Waals surface area contributed by atoms with Crippen molar-refractivity contribution in [1.29, 1.82) is 0 Å². The lowest BCUT2D eigenvalue weighted by atomic mass is 10.2. The Morgan fingerprint density at radius 3 is 2.92 bits per heavy atom. The lowest BCUT2D eigenvalue weighted by molar-refractivity contribution is 0.188. The molecule has 0 aliphatic heterocycles. The first kappa shape index (κ1) is 9.60. The molecule has 1 nitrogen and oxygen atoms in total. The Bertz CT molecular complexity index is 311. The molecule has 1 aromatic rings. The molecule has 12 heavy (non-hydrogen) atoms. The molecule has 1 atom stereocenters. The number of terminal acetylenes is 1. The zero-order valence-corrected chi connectivity index (χ0v) is 8.25. The zero-order valence-electron chi connectivity index (χ0n) is 6.67. The number of aliphatic hydroxyl groups is 1. The fourth-order valence-electron chi connectivity index (χ4n) is 0.879. The third kappa shape index (κ3) is 1.81. The molecule has 1 unspecified atom stereocenters. The zero-order chi connectivity index (χ0) is 9.14. The fourth-order valence-corrected chi connectivity index (χ4v) is 2.18. The van der Waals surface area contributed by atoms with Crippen LogP contribution in [0.4, 0.5) is 0 Å². The van der Waals surface area contributed by atoms with Crippen molar-refractivity contribution >= 4 is 22.9 Å². The maximum absolute atomic E-state index is 9.50. The summed E-state index contributed by atoms with van der Waals surface area (Å²) in [6.07, 6.45) is 4.78. The average molecular weight is 201 g/mol. The van der Waals surface area contributed by atoms with E-state index in [4.69, 9.17) is 18.0 Å². The second-order valence-electron chi connectivity index (χ2n) is 2.52. The van der Waals surface area contributed by atoms with Crippen LogP contribution >= 0.6 is 22.9 Å². The summed E-state index contributed by atoms with van der Waals surface area (Å²) in [7, 11) is 0. The summed E-state index contributed by atoms with van der Waals surface area (Å²) >= 11 is 7.37. The van der Waals surface area contributed by atoms with E-state index in [-0.39, 0.29) is 0 Å². The quantitative estimate of drug-likeness (QED) is 0.728. The normalized spacial score (nSPS) is 12.5. The van der Waals surface area contributed by atoms with Crippen LogP contribution in [0.3, 0.4) is 0 Å². The van der Waals surface area contributed by atoms with Gasteiger partial charge in [0, 0.05) is 6.42 Å². The van der Waals surface area contributed by atoms with Crippen molar-refractivity contribution in [2.75, 3.05) is 0 Å². The average Bonchev–Trinajstić information content (AvgIpc) is 2.34. The summed E-state index contributed by atoms with van der Waals surface area (Å²) in [5, 5.41) is 12.1. The molecule has 0 bridgehead atoms. The second-order valence-corrected chi connectivity index (χ2v) is 3.81. The summed E-state index contributed by atoms with van der Waals surface area (Å²) in [6.45, 7) is 1.91. The minimum atomic E-state index is -0.610. The molecule has 0 radical (unpaired) electrons. The molecule has 0 saturated heterocycles. The summed E-state index contributed by atoms with van der Waals surface area (Å²) < 4.78 is 0. The van der Waals surface area contributed by atoms with Crippen molar-refractivity contribution in [3.63, 3.8) is 0 Å². The van der Waals surface area contributed by atoms with Crippen LogP contribution in [-0.2, 0) is 0 Å². The van der Waals surface area contributed by atoms with Gasteiger partial charge in [-0.3, -0.25) is 0 Å². The molecule has 1 heterocycles. The van der Waals surface area contributed by atoms with Gasteiger partial charge in [0.25, 0.3) is 0 Å². The highest BCUT2D eigenvalue weighted by atomic mass is 35.5. The first-order chi connectivity index (χ1) is 5.66. The van der Waals surface area contributed by atoms with Gasteiger partial charge in [-0.15, -0.1) is 23.7 Å². The minimum Gasteiger partial charge on any atom is -0.387 e. The molecule has 0 aliphatic carbocycles. The standard InChI is InChI=1S/C9H9ClOS/c1-3-4-7(11)9-8(10)6(2)5-12-9/h1,5,7,11H,4H2,2H3. The molecule has 1 aromatic heterocycles. The number of rotatable bonds is 2. The molecule has 1 N–H and O–H groups in total. The van der Waals surface area contributed by atoms with E-state index in [0.29, 0.717) is 11.4 Å². The van der Waals surface area contributed by atoms with Crippen molar-refractivity contribution < 1.29 is 5.11 Å². The predicted molar refractivity (Wildman–Crippen MR) is 52.5 cm³/mol. The lowest BCUT2D eigenvalue weighted by Gasteiger charge is -2.04. The SMILES string of the molecule is C#CCC(O)c1scc(C)c1Cl. The summed E-state index contributed by atoms with van der Waals surface area (Å²) in [5.74, 6) is 2.40. The number of aliphatic hydroxyl groups excluding tert-OH is 1. The Morgan fingerprint density at radius 2 is 2.50 bits per heavy atom. The topological polar surface area (TPSA) is 20.2 Å². The van der Waals surface area contributed by atoms with Crippen molar-refractivity contribution in [1.82, 2.24) is 0 Å². The predicted octanol–water partition coefficient (Wildman–Crippen LogP) is 2.77. The van der Waals surface area contributed by atoms with Crippen LogP contribution in [0, 0.1) is 19.3 Å². The van der Waals surface area contributed by atoms with Crippen LogP contribution in [0.15, 0.2) is 5.38 Å². The molecule has 64 valence electrons. The number of hydrogen-bond donors (Lipinski definition) is 1. The first-order valence-electron chi connectivity index (χ1n) is 3.51. The first-order valence-corrected chi connectivity index (χ1v) is 4.77. The van der Waals surface area contributed by atoms with E-state index in [0.717, 1.165) is 10.4 Å². The Hall–Kier alpha value is -0.490. The molecule has 0 aromatic carbocycles. The fraction of sp³-hybridized carbons (Fsp3) is 0.333. The third-order valence-corrected chi connectivity index (χ3v) is 3.35. The van der Waals surface area contributed by atoms with Gasteiger partial charge in [0.1, 0.15) is 6.10 Å². The third-order valence-electron chi connectivity index (χ3n) is 1.54. The van der Waals surface area contributed by atoms with Gasteiger partial charge < -0.3 is 5.11 Å². The highest BCUT2D eigenvalue weighted by Crippen LogP contribution is 2.33. The van der Waals surface area contributed by atoms with Gasteiger partial charge >= 0.3 is 0 Å². The van der Waals surface area contributed by atoms with E-state index < -0.39 is 6.10 Å². The van der Waals surface area contributed by atoms with Gasteiger partial charge in [0.05, 0.1) is 9.90 Å².